The van der Waals surface area contributed by atoms with Crippen molar-refractivity contribution >= 4 is 27.6 Å². The molecule has 0 saturated heterocycles. The molecule has 0 aliphatic rings. The molecule has 2 rings (SSSR count). The van der Waals surface area contributed by atoms with E-state index in [1.54, 1.807) is 27.7 Å². The molecular formula is C21H25FN2O6S. The lowest BCUT2D eigenvalue weighted by Crippen LogP contribution is -2.30. The minimum atomic E-state index is -3.91. The SMILES string of the molecule is CCN(CC)S(=O)(=O)c1ccc(F)c(C(=O)OCC(=O)c2[nH]c(C)c(C(C)=O)c2C)c1. The molecule has 8 nitrogen and oxygen atoms in total. The van der Waals surface area contributed by atoms with Gasteiger partial charge in [-0.05, 0) is 44.5 Å². The maximum atomic E-state index is 14.2. The van der Waals surface area contributed by atoms with Crippen LogP contribution in [0.15, 0.2) is 23.1 Å². The number of benzene rings is 1. The Morgan fingerprint density at radius 2 is 1.74 bits per heavy atom. The van der Waals surface area contributed by atoms with E-state index in [9.17, 15) is 27.2 Å². The molecular weight excluding hydrogens is 427 g/mol. The van der Waals surface area contributed by atoms with Crippen LogP contribution in [0.2, 0.25) is 0 Å². The summed E-state index contributed by atoms with van der Waals surface area (Å²) in [6.07, 6.45) is 0. The zero-order valence-electron chi connectivity index (χ0n) is 18.0. The van der Waals surface area contributed by atoms with E-state index in [0.717, 1.165) is 18.2 Å². The molecule has 0 radical (unpaired) electrons. The number of aryl methyl sites for hydroxylation is 1. The fourth-order valence-electron chi connectivity index (χ4n) is 3.37. The number of carbonyl (C=O) groups excluding carboxylic acids is 3. The van der Waals surface area contributed by atoms with E-state index in [-0.39, 0.29) is 29.5 Å². The summed E-state index contributed by atoms with van der Waals surface area (Å²) in [6, 6.07) is 2.83. The van der Waals surface area contributed by atoms with Crippen molar-refractivity contribution in [2.24, 2.45) is 0 Å². The van der Waals surface area contributed by atoms with Crippen molar-refractivity contribution in [1.82, 2.24) is 9.29 Å². The highest BCUT2D eigenvalue weighted by atomic mass is 32.2. The molecule has 0 unspecified atom stereocenters. The Labute approximate surface area is 180 Å². The first-order valence-electron chi connectivity index (χ1n) is 9.65. The second kappa shape index (κ2) is 9.52. The number of rotatable bonds is 9. The van der Waals surface area contributed by atoms with E-state index < -0.39 is 39.8 Å². The monoisotopic (exact) mass is 452 g/mol. The Bertz CT molecular complexity index is 1130. The maximum absolute atomic E-state index is 14.2. The third-order valence-electron chi connectivity index (χ3n) is 4.90. The number of ketones is 2. The lowest BCUT2D eigenvalue weighted by Gasteiger charge is -2.18. The first-order chi connectivity index (χ1) is 14.4. The van der Waals surface area contributed by atoms with E-state index in [2.05, 4.69) is 4.98 Å². The molecule has 0 bridgehead atoms. The van der Waals surface area contributed by atoms with Gasteiger partial charge in [0, 0.05) is 24.3 Å². The number of H-pyrrole nitrogens is 1. The van der Waals surface area contributed by atoms with E-state index in [1.165, 1.54) is 11.2 Å². The van der Waals surface area contributed by atoms with Gasteiger partial charge in [0.2, 0.25) is 15.8 Å². The average Bonchev–Trinajstić information content (AvgIpc) is 3.01. The zero-order chi connectivity index (χ0) is 23.5. The minimum Gasteiger partial charge on any atom is -0.454 e. The Kier molecular flexibility index (Phi) is 7.50. The molecule has 0 aliphatic heterocycles. The minimum absolute atomic E-state index is 0.119. The van der Waals surface area contributed by atoms with Crippen molar-refractivity contribution in [1.29, 1.82) is 0 Å². The van der Waals surface area contributed by atoms with Gasteiger partial charge in [0.25, 0.3) is 0 Å². The van der Waals surface area contributed by atoms with Gasteiger partial charge < -0.3 is 9.72 Å². The third-order valence-corrected chi connectivity index (χ3v) is 6.95. The maximum Gasteiger partial charge on any atom is 0.341 e. The summed E-state index contributed by atoms with van der Waals surface area (Å²) in [5, 5.41) is 0. The lowest BCUT2D eigenvalue weighted by atomic mass is 10.1. The number of nitrogens with one attached hydrogen (secondary N) is 1. The van der Waals surface area contributed by atoms with Crippen molar-refractivity contribution in [2.45, 2.75) is 39.5 Å². The number of hydrogen-bond acceptors (Lipinski definition) is 6. The highest BCUT2D eigenvalue weighted by Crippen LogP contribution is 2.21. The second-order valence-corrected chi connectivity index (χ2v) is 8.85. The van der Waals surface area contributed by atoms with Gasteiger partial charge in [-0.25, -0.2) is 17.6 Å². The molecule has 168 valence electrons. The summed E-state index contributed by atoms with van der Waals surface area (Å²) in [5.41, 5.74) is 0.860. The number of esters is 1. The summed E-state index contributed by atoms with van der Waals surface area (Å²) < 4.78 is 45.5. The fraction of sp³-hybridized carbons (Fsp3) is 0.381. The first kappa shape index (κ1) is 24.4. The second-order valence-electron chi connectivity index (χ2n) is 6.91. The molecule has 0 amide bonds. The van der Waals surface area contributed by atoms with Crippen molar-refractivity contribution < 1.29 is 31.9 Å². The summed E-state index contributed by atoms with van der Waals surface area (Å²) >= 11 is 0. The van der Waals surface area contributed by atoms with Gasteiger partial charge in [-0.15, -0.1) is 0 Å². The Hall–Kier alpha value is -2.85. The summed E-state index contributed by atoms with van der Waals surface area (Å²) in [5.74, 6) is -2.96. The highest BCUT2D eigenvalue weighted by molar-refractivity contribution is 7.89. The molecule has 1 N–H and O–H groups in total. The molecule has 2 aromatic rings. The van der Waals surface area contributed by atoms with E-state index >= 15 is 0 Å². The van der Waals surface area contributed by atoms with Crippen LogP contribution in [0.1, 0.15) is 63.2 Å². The first-order valence-corrected chi connectivity index (χ1v) is 11.1. The number of carbonyl (C=O) groups is 3. The number of aromatic amines is 1. The highest BCUT2D eigenvalue weighted by Gasteiger charge is 2.26. The van der Waals surface area contributed by atoms with Crippen molar-refractivity contribution in [3.05, 3.63) is 52.1 Å². The number of nitrogens with zero attached hydrogens (tertiary/aromatic N) is 1. The van der Waals surface area contributed by atoms with Gasteiger partial charge in [0.15, 0.2) is 12.4 Å². The molecule has 31 heavy (non-hydrogen) atoms. The molecule has 0 fully saturated rings. The molecule has 1 aromatic carbocycles. The largest absolute Gasteiger partial charge is 0.454 e. The van der Waals surface area contributed by atoms with Gasteiger partial charge >= 0.3 is 5.97 Å². The third kappa shape index (κ3) is 4.91. The van der Waals surface area contributed by atoms with Gasteiger partial charge in [-0.3, -0.25) is 9.59 Å². The van der Waals surface area contributed by atoms with Crippen LogP contribution in [-0.4, -0.2) is 54.9 Å². The number of ether oxygens (including phenoxy) is 1. The van der Waals surface area contributed by atoms with Crippen molar-refractivity contribution in [3.63, 3.8) is 0 Å². The van der Waals surface area contributed by atoms with Crippen molar-refractivity contribution in [2.75, 3.05) is 19.7 Å². The normalized spacial score (nSPS) is 11.6. The molecule has 1 heterocycles. The molecule has 0 spiro atoms. The van der Waals surface area contributed by atoms with Gasteiger partial charge in [-0.2, -0.15) is 4.31 Å². The number of hydrogen-bond donors (Lipinski definition) is 1. The molecule has 0 atom stereocenters. The standard InChI is InChI=1S/C21H25FN2O6S/c1-6-24(7-2)31(28,29)15-8-9-17(22)16(10-15)21(27)30-11-18(26)20-12(3)19(14(5)25)13(4)23-20/h8-10,23H,6-7,11H2,1-5H3. The van der Waals surface area contributed by atoms with E-state index in [0.29, 0.717) is 16.8 Å². The zero-order valence-corrected chi connectivity index (χ0v) is 18.9. The smallest absolute Gasteiger partial charge is 0.341 e. The van der Waals surface area contributed by atoms with Crippen molar-refractivity contribution in [3.8, 4) is 0 Å². The lowest BCUT2D eigenvalue weighted by molar-refractivity contribution is 0.0468. The number of Topliss-reactive ketones (excluding diaryl/α,β-unsaturated/α-hetero) is 2. The number of halogens is 1. The van der Waals surface area contributed by atoms with Crippen LogP contribution in [0, 0.1) is 19.7 Å². The van der Waals surface area contributed by atoms with Gasteiger partial charge in [0.1, 0.15) is 5.82 Å². The Balaban J connectivity index is 2.24. The van der Waals surface area contributed by atoms with E-state index in [4.69, 9.17) is 4.74 Å². The fourth-order valence-corrected chi connectivity index (χ4v) is 4.86. The molecule has 10 heteroatoms. The van der Waals surface area contributed by atoms with Crippen LogP contribution in [0.25, 0.3) is 0 Å². The van der Waals surface area contributed by atoms with E-state index in [1.807, 2.05) is 0 Å². The van der Waals surface area contributed by atoms with Crippen LogP contribution < -0.4 is 0 Å². The topological polar surface area (TPSA) is 114 Å². The molecule has 0 aliphatic carbocycles. The predicted octanol–water partition coefficient (Wildman–Crippen LogP) is 3.04. The summed E-state index contributed by atoms with van der Waals surface area (Å²) in [7, 11) is -3.91. The molecule has 1 aromatic heterocycles. The van der Waals surface area contributed by atoms with Crippen LogP contribution in [-0.2, 0) is 14.8 Å². The quantitative estimate of drug-likeness (QED) is 0.462. The molecule has 0 saturated carbocycles. The Morgan fingerprint density at radius 1 is 1.13 bits per heavy atom. The van der Waals surface area contributed by atoms with Gasteiger partial charge in [-0.1, -0.05) is 13.8 Å². The van der Waals surface area contributed by atoms with Gasteiger partial charge in [0.05, 0.1) is 16.2 Å². The average molecular weight is 453 g/mol. The summed E-state index contributed by atoms with van der Waals surface area (Å²) in [4.78, 5) is 39.1. The predicted molar refractivity (Wildman–Crippen MR) is 111 cm³/mol. The van der Waals surface area contributed by atoms with Crippen LogP contribution in [0.5, 0.6) is 0 Å². The number of aromatic nitrogens is 1. The summed E-state index contributed by atoms with van der Waals surface area (Å²) in [6.45, 7) is 7.65. The number of sulfonamides is 1. The van der Waals surface area contributed by atoms with Crippen LogP contribution >= 0.6 is 0 Å². The van der Waals surface area contributed by atoms with Crippen LogP contribution in [0.3, 0.4) is 0 Å². The Morgan fingerprint density at radius 3 is 2.26 bits per heavy atom. The van der Waals surface area contributed by atoms with Crippen LogP contribution in [0.4, 0.5) is 4.39 Å².